The molecule has 1 N–H and O–H groups in total. The average Bonchev–Trinajstić information content (AvgIpc) is 2.46. The van der Waals surface area contributed by atoms with Crippen molar-refractivity contribution in [3.05, 3.63) is 63.6 Å². The van der Waals surface area contributed by atoms with E-state index in [0.717, 1.165) is 15.6 Å². The molecule has 0 radical (unpaired) electrons. The van der Waals surface area contributed by atoms with Gasteiger partial charge < -0.3 is 9.84 Å². The van der Waals surface area contributed by atoms with Crippen molar-refractivity contribution in [1.29, 1.82) is 0 Å². The number of halogens is 1. The van der Waals surface area contributed by atoms with E-state index < -0.39 is 0 Å². The van der Waals surface area contributed by atoms with Gasteiger partial charge in [-0.3, -0.25) is 0 Å². The summed E-state index contributed by atoms with van der Waals surface area (Å²) in [7, 11) is 0. The molecular formula is C17H19BrO2. The van der Waals surface area contributed by atoms with E-state index in [1.807, 2.05) is 18.2 Å². The number of aliphatic hydroxyl groups excluding tert-OH is 1. The SMILES string of the molecule is CC(C)c1ccc(COc2c(Br)cccc2CO)cc1. The van der Waals surface area contributed by atoms with Crippen LogP contribution in [0.1, 0.15) is 36.5 Å². The van der Waals surface area contributed by atoms with E-state index >= 15 is 0 Å². The second-order valence-electron chi connectivity index (χ2n) is 5.07. The number of hydrogen-bond donors (Lipinski definition) is 1. The Morgan fingerprint density at radius 1 is 1.10 bits per heavy atom. The fourth-order valence-corrected chi connectivity index (χ4v) is 2.52. The molecule has 0 saturated heterocycles. The molecule has 0 amide bonds. The van der Waals surface area contributed by atoms with E-state index in [9.17, 15) is 5.11 Å². The van der Waals surface area contributed by atoms with Crippen LogP contribution in [0.25, 0.3) is 0 Å². The van der Waals surface area contributed by atoms with Gasteiger partial charge in [0.25, 0.3) is 0 Å². The Morgan fingerprint density at radius 2 is 1.80 bits per heavy atom. The fraction of sp³-hybridized carbons (Fsp3) is 0.294. The quantitative estimate of drug-likeness (QED) is 0.862. The second-order valence-corrected chi connectivity index (χ2v) is 5.93. The van der Waals surface area contributed by atoms with E-state index in [0.29, 0.717) is 18.3 Å². The van der Waals surface area contributed by atoms with Crippen molar-refractivity contribution in [3.63, 3.8) is 0 Å². The highest BCUT2D eigenvalue weighted by Gasteiger charge is 2.07. The Morgan fingerprint density at radius 3 is 2.40 bits per heavy atom. The maximum atomic E-state index is 9.34. The molecule has 0 spiro atoms. The predicted octanol–water partition coefficient (Wildman–Crippen LogP) is 4.64. The lowest BCUT2D eigenvalue weighted by Gasteiger charge is -2.13. The first kappa shape index (κ1) is 15.1. The van der Waals surface area contributed by atoms with Crippen LogP contribution in [0.4, 0.5) is 0 Å². The molecule has 2 nitrogen and oxygen atoms in total. The summed E-state index contributed by atoms with van der Waals surface area (Å²) in [5.74, 6) is 1.25. The van der Waals surface area contributed by atoms with E-state index in [1.54, 1.807) is 0 Å². The van der Waals surface area contributed by atoms with E-state index in [2.05, 4.69) is 54.0 Å². The summed E-state index contributed by atoms with van der Waals surface area (Å²) < 4.78 is 6.70. The van der Waals surface area contributed by atoms with Crippen LogP contribution in [0, 0.1) is 0 Å². The molecule has 0 atom stereocenters. The smallest absolute Gasteiger partial charge is 0.139 e. The number of aliphatic hydroxyl groups is 1. The molecule has 0 heterocycles. The lowest BCUT2D eigenvalue weighted by Crippen LogP contribution is -2.00. The fourth-order valence-electron chi connectivity index (χ4n) is 1.99. The minimum atomic E-state index is -0.0267. The van der Waals surface area contributed by atoms with Crippen molar-refractivity contribution >= 4 is 15.9 Å². The summed E-state index contributed by atoms with van der Waals surface area (Å²) in [6.07, 6.45) is 0. The Balaban J connectivity index is 2.09. The van der Waals surface area contributed by atoms with Gasteiger partial charge in [-0.2, -0.15) is 0 Å². The van der Waals surface area contributed by atoms with Crippen molar-refractivity contribution < 1.29 is 9.84 Å². The van der Waals surface area contributed by atoms with Gasteiger partial charge in [-0.1, -0.05) is 50.2 Å². The number of para-hydroxylation sites is 1. The number of benzene rings is 2. The van der Waals surface area contributed by atoms with Gasteiger partial charge in [-0.25, -0.2) is 0 Å². The Bertz CT molecular complexity index is 562. The Labute approximate surface area is 128 Å². The minimum Gasteiger partial charge on any atom is -0.487 e. The summed E-state index contributed by atoms with van der Waals surface area (Å²) in [5.41, 5.74) is 3.23. The first-order valence-electron chi connectivity index (χ1n) is 6.71. The van der Waals surface area contributed by atoms with Crippen LogP contribution in [0.2, 0.25) is 0 Å². The average molecular weight is 335 g/mol. The molecule has 20 heavy (non-hydrogen) atoms. The normalized spacial score (nSPS) is 10.8. The molecule has 0 fully saturated rings. The van der Waals surface area contributed by atoms with Gasteiger partial charge >= 0.3 is 0 Å². The third-order valence-corrected chi connectivity index (χ3v) is 3.87. The lowest BCUT2D eigenvalue weighted by atomic mass is 10.0. The molecule has 0 aliphatic rings. The molecule has 106 valence electrons. The summed E-state index contributed by atoms with van der Waals surface area (Å²) in [6.45, 7) is 4.83. The third kappa shape index (κ3) is 3.62. The summed E-state index contributed by atoms with van der Waals surface area (Å²) >= 11 is 3.46. The first-order valence-corrected chi connectivity index (χ1v) is 7.51. The van der Waals surface area contributed by atoms with Crippen LogP contribution in [-0.2, 0) is 13.2 Å². The van der Waals surface area contributed by atoms with Gasteiger partial charge in [0.2, 0.25) is 0 Å². The van der Waals surface area contributed by atoms with Crippen molar-refractivity contribution in [2.75, 3.05) is 0 Å². The maximum absolute atomic E-state index is 9.34. The number of hydrogen-bond acceptors (Lipinski definition) is 2. The largest absolute Gasteiger partial charge is 0.487 e. The zero-order valence-corrected chi connectivity index (χ0v) is 13.4. The van der Waals surface area contributed by atoms with Crippen molar-refractivity contribution in [1.82, 2.24) is 0 Å². The monoisotopic (exact) mass is 334 g/mol. The molecule has 2 aromatic rings. The van der Waals surface area contributed by atoms with Crippen molar-refractivity contribution in [2.24, 2.45) is 0 Å². The van der Waals surface area contributed by atoms with Crippen LogP contribution in [-0.4, -0.2) is 5.11 Å². The van der Waals surface area contributed by atoms with Crippen LogP contribution in [0.15, 0.2) is 46.9 Å². The first-order chi connectivity index (χ1) is 9.61. The summed E-state index contributed by atoms with van der Waals surface area (Å²) in [5, 5.41) is 9.34. The molecule has 3 heteroatoms. The van der Waals surface area contributed by atoms with Crippen LogP contribution < -0.4 is 4.74 Å². The molecule has 0 bridgehead atoms. The van der Waals surface area contributed by atoms with E-state index in [4.69, 9.17) is 4.74 Å². The van der Waals surface area contributed by atoms with Crippen LogP contribution in [0.3, 0.4) is 0 Å². The number of rotatable bonds is 5. The number of ether oxygens (including phenoxy) is 1. The highest BCUT2D eigenvalue weighted by Crippen LogP contribution is 2.30. The molecule has 2 aromatic carbocycles. The standard InChI is InChI=1S/C17H19BrO2/c1-12(2)14-8-6-13(7-9-14)11-20-17-15(10-19)4-3-5-16(17)18/h3-9,12,19H,10-11H2,1-2H3. The van der Waals surface area contributed by atoms with Crippen LogP contribution in [0.5, 0.6) is 5.75 Å². The molecular weight excluding hydrogens is 316 g/mol. The van der Waals surface area contributed by atoms with Gasteiger partial charge in [0.1, 0.15) is 12.4 Å². The van der Waals surface area contributed by atoms with Gasteiger partial charge in [0.15, 0.2) is 0 Å². The van der Waals surface area contributed by atoms with Gasteiger partial charge in [0, 0.05) is 5.56 Å². The van der Waals surface area contributed by atoms with E-state index in [1.165, 1.54) is 5.56 Å². The molecule has 0 aliphatic carbocycles. The Hall–Kier alpha value is -1.32. The predicted molar refractivity (Wildman–Crippen MR) is 84.9 cm³/mol. The van der Waals surface area contributed by atoms with Crippen molar-refractivity contribution in [3.8, 4) is 5.75 Å². The van der Waals surface area contributed by atoms with Crippen molar-refractivity contribution in [2.45, 2.75) is 33.0 Å². The summed E-state index contributed by atoms with van der Waals surface area (Å²) in [6, 6.07) is 14.1. The van der Waals surface area contributed by atoms with E-state index in [-0.39, 0.29) is 6.61 Å². The molecule has 2 rings (SSSR count). The highest BCUT2D eigenvalue weighted by molar-refractivity contribution is 9.10. The molecule has 0 aromatic heterocycles. The summed E-state index contributed by atoms with van der Waals surface area (Å²) in [4.78, 5) is 0. The van der Waals surface area contributed by atoms with Gasteiger partial charge in [-0.05, 0) is 39.0 Å². The second kappa shape index (κ2) is 6.91. The zero-order valence-electron chi connectivity index (χ0n) is 11.8. The Kier molecular flexibility index (Phi) is 5.21. The van der Waals surface area contributed by atoms with Crippen LogP contribution >= 0.6 is 15.9 Å². The highest BCUT2D eigenvalue weighted by atomic mass is 79.9. The topological polar surface area (TPSA) is 29.5 Å². The minimum absolute atomic E-state index is 0.0267. The maximum Gasteiger partial charge on any atom is 0.139 e. The third-order valence-electron chi connectivity index (χ3n) is 3.25. The molecule has 0 unspecified atom stereocenters. The van der Waals surface area contributed by atoms with Gasteiger partial charge in [-0.15, -0.1) is 0 Å². The lowest BCUT2D eigenvalue weighted by molar-refractivity contribution is 0.258. The molecule has 0 aliphatic heterocycles. The zero-order chi connectivity index (χ0) is 14.5. The van der Waals surface area contributed by atoms with Gasteiger partial charge in [0.05, 0.1) is 11.1 Å². The molecule has 0 saturated carbocycles.